The molecule has 1 aromatic carbocycles. The molecule has 1 aliphatic carbocycles. The molecule has 144 valence electrons. The largest absolute Gasteiger partial charge is 0.344 e. The highest BCUT2D eigenvalue weighted by Gasteiger charge is 2.26. The van der Waals surface area contributed by atoms with E-state index < -0.39 is 12.1 Å². The number of amides is 2. The van der Waals surface area contributed by atoms with Crippen LogP contribution < -0.4 is 10.6 Å². The molecule has 3 rings (SSSR count). The van der Waals surface area contributed by atoms with E-state index in [1.165, 1.54) is 12.1 Å². The van der Waals surface area contributed by atoms with Crippen molar-refractivity contribution >= 4 is 11.8 Å². The van der Waals surface area contributed by atoms with Crippen LogP contribution in [0.3, 0.4) is 0 Å². The lowest BCUT2D eigenvalue weighted by Crippen LogP contribution is -2.47. The Morgan fingerprint density at radius 1 is 1.15 bits per heavy atom. The van der Waals surface area contributed by atoms with Crippen LogP contribution in [0.5, 0.6) is 0 Å². The molecule has 2 unspecified atom stereocenters. The molecular formula is C19H23FN4O3. The van der Waals surface area contributed by atoms with E-state index in [0.29, 0.717) is 11.4 Å². The summed E-state index contributed by atoms with van der Waals surface area (Å²) in [5.41, 5.74) is 0.613. The van der Waals surface area contributed by atoms with Crippen LogP contribution in [0.25, 0.3) is 11.4 Å². The molecule has 0 bridgehead atoms. The monoisotopic (exact) mass is 374 g/mol. The number of hydrogen-bond donors (Lipinski definition) is 2. The molecule has 8 heteroatoms. The highest BCUT2D eigenvalue weighted by Crippen LogP contribution is 2.24. The Labute approximate surface area is 156 Å². The molecule has 2 N–H and O–H groups in total. The Hall–Kier alpha value is -2.77. The fourth-order valence-electron chi connectivity index (χ4n) is 3.11. The Balaban J connectivity index is 1.56. The van der Waals surface area contributed by atoms with E-state index in [1.807, 2.05) is 0 Å². The van der Waals surface area contributed by atoms with Crippen LogP contribution in [-0.4, -0.2) is 28.0 Å². The van der Waals surface area contributed by atoms with Gasteiger partial charge in [-0.05, 0) is 51.0 Å². The Kier molecular flexibility index (Phi) is 5.83. The van der Waals surface area contributed by atoms with Gasteiger partial charge in [0, 0.05) is 11.5 Å². The molecule has 1 saturated carbocycles. The highest BCUT2D eigenvalue weighted by molar-refractivity contribution is 5.88. The zero-order valence-corrected chi connectivity index (χ0v) is 15.4. The topological polar surface area (TPSA) is 97.1 Å². The molecule has 1 aromatic heterocycles. The van der Waals surface area contributed by atoms with Gasteiger partial charge in [0.15, 0.2) is 0 Å². The predicted octanol–water partition coefficient (Wildman–Crippen LogP) is 2.75. The molecule has 1 fully saturated rings. The number of nitrogens with one attached hydrogen (secondary N) is 2. The summed E-state index contributed by atoms with van der Waals surface area (Å²) in [6.45, 7) is 3.36. The summed E-state index contributed by atoms with van der Waals surface area (Å²) < 4.78 is 18.2. The molecule has 27 heavy (non-hydrogen) atoms. The Bertz CT molecular complexity index is 800. The molecule has 0 radical (unpaired) electrons. The summed E-state index contributed by atoms with van der Waals surface area (Å²) >= 11 is 0. The van der Waals surface area contributed by atoms with E-state index in [2.05, 4.69) is 20.8 Å². The average Bonchev–Trinajstić information content (AvgIpc) is 3.34. The molecule has 2 amide bonds. The van der Waals surface area contributed by atoms with E-state index in [4.69, 9.17) is 4.52 Å². The molecule has 7 nitrogen and oxygen atoms in total. The van der Waals surface area contributed by atoms with Crippen molar-refractivity contribution < 1.29 is 18.5 Å². The minimum Gasteiger partial charge on any atom is -0.344 e. The van der Waals surface area contributed by atoms with Gasteiger partial charge in [0.05, 0.1) is 0 Å². The molecule has 2 aromatic rings. The number of nitrogens with zero attached hydrogens (tertiary/aromatic N) is 2. The van der Waals surface area contributed by atoms with Gasteiger partial charge in [0.1, 0.15) is 17.9 Å². The van der Waals surface area contributed by atoms with Gasteiger partial charge in [-0.25, -0.2) is 4.39 Å². The SMILES string of the molecule is CC(NC(=O)C1CCCC1)C(=O)NC(C)c1nc(-c2ccc(F)cc2)no1. The second kappa shape index (κ2) is 8.28. The molecular weight excluding hydrogens is 351 g/mol. The zero-order valence-electron chi connectivity index (χ0n) is 15.4. The third-order valence-electron chi connectivity index (χ3n) is 4.75. The summed E-state index contributed by atoms with van der Waals surface area (Å²) in [6, 6.07) is 4.54. The van der Waals surface area contributed by atoms with Crippen LogP contribution in [0, 0.1) is 11.7 Å². The molecule has 1 aliphatic rings. The maximum Gasteiger partial charge on any atom is 0.249 e. The number of benzene rings is 1. The van der Waals surface area contributed by atoms with Gasteiger partial charge < -0.3 is 15.2 Å². The van der Waals surface area contributed by atoms with Crippen molar-refractivity contribution in [3.63, 3.8) is 0 Å². The number of carbonyl (C=O) groups is 2. The minimum absolute atomic E-state index is 0.00637. The van der Waals surface area contributed by atoms with Gasteiger partial charge in [-0.15, -0.1) is 0 Å². The van der Waals surface area contributed by atoms with E-state index >= 15 is 0 Å². The minimum atomic E-state index is -0.653. The van der Waals surface area contributed by atoms with Gasteiger partial charge in [0.2, 0.25) is 23.5 Å². The summed E-state index contributed by atoms with van der Waals surface area (Å²) in [5, 5.41) is 9.38. The summed E-state index contributed by atoms with van der Waals surface area (Å²) in [4.78, 5) is 28.7. The van der Waals surface area contributed by atoms with Crippen LogP contribution in [0.4, 0.5) is 4.39 Å². The van der Waals surface area contributed by atoms with E-state index in [0.717, 1.165) is 25.7 Å². The average molecular weight is 374 g/mol. The first kappa shape index (κ1) is 19.0. The van der Waals surface area contributed by atoms with Crippen LogP contribution in [0.2, 0.25) is 0 Å². The lowest BCUT2D eigenvalue weighted by Gasteiger charge is -2.18. The van der Waals surface area contributed by atoms with Gasteiger partial charge in [-0.2, -0.15) is 4.98 Å². The Morgan fingerprint density at radius 3 is 2.48 bits per heavy atom. The number of aromatic nitrogens is 2. The maximum atomic E-state index is 13.0. The van der Waals surface area contributed by atoms with Crippen LogP contribution in [-0.2, 0) is 9.59 Å². The molecule has 2 atom stereocenters. The first-order valence-corrected chi connectivity index (χ1v) is 9.14. The molecule has 0 saturated heterocycles. The van der Waals surface area contributed by atoms with Crippen molar-refractivity contribution in [3.8, 4) is 11.4 Å². The molecule has 0 spiro atoms. The first-order chi connectivity index (χ1) is 12.9. The van der Waals surface area contributed by atoms with Gasteiger partial charge in [0.25, 0.3) is 0 Å². The third-order valence-corrected chi connectivity index (χ3v) is 4.75. The number of halogens is 1. The normalized spacial score (nSPS) is 16.7. The number of rotatable bonds is 6. The van der Waals surface area contributed by atoms with Crippen LogP contribution in [0.15, 0.2) is 28.8 Å². The smallest absolute Gasteiger partial charge is 0.249 e. The van der Waals surface area contributed by atoms with E-state index in [-0.39, 0.29) is 29.4 Å². The second-order valence-corrected chi connectivity index (χ2v) is 6.91. The van der Waals surface area contributed by atoms with E-state index in [1.54, 1.807) is 26.0 Å². The summed E-state index contributed by atoms with van der Waals surface area (Å²) in [6.07, 6.45) is 3.88. The van der Waals surface area contributed by atoms with Crippen molar-refractivity contribution in [2.75, 3.05) is 0 Å². The molecule has 0 aliphatic heterocycles. The van der Waals surface area contributed by atoms with Crippen LogP contribution in [0.1, 0.15) is 51.5 Å². The maximum absolute atomic E-state index is 13.0. The fourth-order valence-corrected chi connectivity index (χ4v) is 3.11. The van der Waals surface area contributed by atoms with Gasteiger partial charge in [-0.1, -0.05) is 18.0 Å². The van der Waals surface area contributed by atoms with Crippen molar-refractivity contribution in [1.29, 1.82) is 0 Å². The quantitative estimate of drug-likeness (QED) is 0.810. The molecule has 1 heterocycles. The number of hydrogen-bond acceptors (Lipinski definition) is 5. The van der Waals surface area contributed by atoms with Crippen molar-refractivity contribution in [2.45, 2.75) is 51.6 Å². The van der Waals surface area contributed by atoms with Crippen molar-refractivity contribution in [3.05, 3.63) is 36.0 Å². The first-order valence-electron chi connectivity index (χ1n) is 9.14. The lowest BCUT2D eigenvalue weighted by atomic mass is 10.1. The number of carbonyl (C=O) groups excluding carboxylic acids is 2. The Morgan fingerprint density at radius 2 is 1.81 bits per heavy atom. The third kappa shape index (κ3) is 4.69. The van der Waals surface area contributed by atoms with E-state index in [9.17, 15) is 14.0 Å². The van der Waals surface area contributed by atoms with Crippen molar-refractivity contribution in [2.24, 2.45) is 5.92 Å². The fraction of sp³-hybridized carbons (Fsp3) is 0.474. The standard InChI is InChI=1S/C19H23FN4O3/c1-11(21-18(26)14-5-3-4-6-14)17(25)22-12(2)19-23-16(24-27-19)13-7-9-15(20)10-8-13/h7-12,14H,3-6H2,1-2H3,(H,21,26)(H,22,25). The van der Waals surface area contributed by atoms with Gasteiger partial charge in [-0.3, -0.25) is 9.59 Å². The highest BCUT2D eigenvalue weighted by atomic mass is 19.1. The predicted molar refractivity (Wildman–Crippen MR) is 95.8 cm³/mol. The second-order valence-electron chi connectivity index (χ2n) is 6.91. The van der Waals surface area contributed by atoms with Crippen LogP contribution >= 0.6 is 0 Å². The van der Waals surface area contributed by atoms with Crippen molar-refractivity contribution in [1.82, 2.24) is 20.8 Å². The lowest BCUT2D eigenvalue weighted by molar-refractivity contribution is -0.131. The van der Waals surface area contributed by atoms with Gasteiger partial charge >= 0.3 is 0 Å². The summed E-state index contributed by atoms with van der Waals surface area (Å²) in [5.74, 6) is -0.191. The summed E-state index contributed by atoms with van der Waals surface area (Å²) in [7, 11) is 0. The zero-order chi connectivity index (χ0) is 19.4.